The first-order chi connectivity index (χ1) is 11.9. The zero-order valence-corrected chi connectivity index (χ0v) is 15.4. The van der Waals surface area contributed by atoms with Crippen LogP contribution in [-0.2, 0) is 17.1 Å². The smallest absolute Gasteiger partial charge is 0.238 e. The van der Waals surface area contributed by atoms with Gasteiger partial charge in [-0.1, -0.05) is 30.0 Å². The van der Waals surface area contributed by atoms with Crippen molar-refractivity contribution in [2.75, 3.05) is 12.4 Å². The first-order valence-electron chi connectivity index (χ1n) is 7.75. The van der Waals surface area contributed by atoms with Crippen LogP contribution >= 0.6 is 11.8 Å². The van der Waals surface area contributed by atoms with Gasteiger partial charge in [-0.25, -0.2) is 18.5 Å². The Kier molecular flexibility index (Phi) is 5.31. The summed E-state index contributed by atoms with van der Waals surface area (Å²) in [5.74, 6) is 1.72. The molecular formula is C17H19N3O3S2. The molecule has 0 spiro atoms. The van der Waals surface area contributed by atoms with Crippen molar-refractivity contribution >= 4 is 32.8 Å². The number of para-hydroxylation sites is 1. The number of nitrogens with zero attached hydrogens (tertiary/aromatic N) is 2. The van der Waals surface area contributed by atoms with Gasteiger partial charge in [0.05, 0.1) is 22.5 Å². The van der Waals surface area contributed by atoms with Crippen molar-refractivity contribution in [3.8, 4) is 5.75 Å². The van der Waals surface area contributed by atoms with Crippen LogP contribution in [-0.4, -0.2) is 30.3 Å². The maximum absolute atomic E-state index is 11.5. The van der Waals surface area contributed by atoms with E-state index in [1.165, 1.54) is 12.1 Å². The van der Waals surface area contributed by atoms with Gasteiger partial charge in [-0.15, -0.1) is 0 Å². The average Bonchev–Trinajstić information content (AvgIpc) is 2.90. The molecule has 0 atom stereocenters. The van der Waals surface area contributed by atoms with Gasteiger partial charge in [0.15, 0.2) is 5.16 Å². The number of primary sulfonamides is 1. The van der Waals surface area contributed by atoms with Crippen molar-refractivity contribution in [2.45, 2.75) is 16.5 Å². The van der Waals surface area contributed by atoms with Gasteiger partial charge in [-0.3, -0.25) is 0 Å². The van der Waals surface area contributed by atoms with Crippen molar-refractivity contribution in [3.63, 3.8) is 0 Å². The monoisotopic (exact) mass is 377 g/mol. The largest absolute Gasteiger partial charge is 0.494 e. The molecule has 3 aromatic rings. The lowest BCUT2D eigenvalue weighted by molar-refractivity contribution is 0.318. The molecule has 0 fully saturated rings. The molecule has 3 rings (SSSR count). The Bertz CT molecular complexity index is 969. The summed E-state index contributed by atoms with van der Waals surface area (Å²) < 4.78 is 30.5. The number of hydrogen-bond donors (Lipinski definition) is 1. The second kappa shape index (κ2) is 7.47. The number of benzene rings is 2. The van der Waals surface area contributed by atoms with Crippen LogP contribution in [0, 0.1) is 0 Å². The molecule has 0 bridgehead atoms. The van der Waals surface area contributed by atoms with Crippen molar-refractivity contribution in [2.24, 2.45) is 12.2 Å². The number of imidazole rings is 1. The molecular weight excluding hydrogens is 358 g/mol. The van der Waals surface area contributed by atoms with E-state index in [9.17, 15) is 8.42 Å². The minimum absolute atomic E-state index is 0.0749. The minimum atomic E-state index is -3.72. The average molecular weight is 377 g/mol. The van der Waals surface area contributed by atoms with Gasteiger partial charge in [0.2, 0.25) is 10.0 Å². The molecule has 8 heteroatoms. The van der Waals surface area contributed by atoms with Crippen molar-refractivity contribution in [1.82, 2.24) is 9.55 Å². The van der Waals surface area contributed by atoms with Gasteiger partial charge in [-0.2, -0.15) is 0 Å². The number of hydrogen-bond acceptors (Lipinski definition) is 5. The Hall–Kier alpha value is -2.03. The SMILES string of the molecule is Cn1c(SCCCOc2ccccc2)nc2cc(S(N)(=O)=O)ccc21. The molecule has 0 saturated carbocycles. The highest BCUT2D eigenvalue weighted by Gasteiger charge is 2.13. The lowest BCUT2D eigenvalue weighted by Crippen LogP contribution is -2.11. The first kappa shape index (κ1) is 17.8. The highest BCUT2D eigenvalue weighted by molar-refractivity contribution is 7.99. The maximum atomic E-state index is 11.5. The fraction of sp³-hybridized carbons (Fsp3) is 0.235. The number of nitrogens with two attached hydrogens (primary N) is 1. The Balaban J connectivity index is 1.61. The second-order valence-electron chi connectivity index (χ2n) is 5.51. The van der Waals surface area contributed by atoms with Crippen LogP contribution in [0.25, 0.3) is 11.0 Å². The predicted octanol–water partition coefficient (Wildman–Crippen LogP) is 2.78. The first-order valence-corrected chi connectivity index (χ1v) is 10.3. The third-order valence-corrected chi connectivity index (χ3v) is 5.70. The number of thioether (sulfide) groups is 1. The number of aryl methyl sites for hydroxylation is 1. The molecule has 0 radical (unpaired) electrons. The van der Waals surface area contributed by atoms with E-state index in [1.54, 1.807) is 17.8 Å². The minimum Gasteiger partial charge on any atom is -0.494 e. The third-order valence-electron chi connectivity index (χ3n) is 3.67. The summed E-state index contributed by atoms with van der Waals surface area (Å²) in [6.07, 6.45) is 0.880. The summed E-state index contributed by atoms with van der Waals surface area (Å²) >= 11 is 1.61. The zero-order valence-electron chi connectivity index (χ0n) is 13.8. The maximum Gasteiger partial charge on any atom is 0.238 e. The fourth-order valence-corrected chi connectivity index (χ4v) is 3.83. The number of rotatable bonds is 7. The summed E-state index contributed by atoms with van der Waals surface area (Å²) in [4.78, 5) is 4.58. The van der Waals surface area contributed by atoms with Gasteiger partial charge in [0.1, 0.15) is 5.75 Å². The molecule has 0 aliphatic rings. The number of ether oxygens (including phenoxy) is 1. The second-order valence-corrected chi connectivity index (χ2v) is 8.14. The Labute approximate surface area is 151 Å². The lowest BCUT2D eigenvalue weighted by Gasteiger charge is -2.05. The molecule has 0 unspecified atom stereocenters. The van der Waals surface area contributed by atoms with E-state index in [4.69, 9.17) is 9.88 Å². The standard InChI is InChI=1S/C17H19N3O3S2/c1-20-16-9-8-14(25(18,21)22)12-15(16)19-17(20)24-11-5-10-23-13-6-3-2-4-7-13/h2-4,6-9,12H,5,10-11H2,1H3,(H2,18,21,22). The summed E-state index contributed by atoms with van der Waals surface area (Å²) in [6.45, 7) is 0.635. The molecule has 25 heavy (non-hydrogen) atoms. The van der Waals surface area contributed by atoms with E-state index in [0.717, 1.165) is 28.6 Å². The van der Waals surface area contributed by atoms with Gasteiger partial charge in [0, 0.05) is 12.8 Å². The molecule has 0 aliphatic carbocycles. The van der Waals surface area contributed by atoms with Gasteiger partial charge >= 0.3 is 0 Å². The van der Waals surface area contributed by atoms with Crippen LogP contribution in [0.3, 0.4) is 0 Å². The Morgan fingerprint density at radius 2 is 1.96 bits per heavy atom. The third kappa shape index (κ3) is 4.33. The van der Waals surface area contributed by atoms with Crippen molar-refractivity contribution < 1.29 is 13.2 Å². The van der Waals surface area contributed by atoms with E-state index >= 15 is 0 Å². The summed E-state index contributed by atoms with van der Waals surface area (Å²) in [6, 6.07) is 14.4. The Morgan fingerprint density at radius 1 is 1.20 bits per heavy atom. The van der Waals surface area contributed by atoms with Crippen LogP contribution < -0.4 is 9.88 Å². The van der Waals surface area contributed by atoms with Gasteiger partial charge < -0.3 is 9.30 Å². The molecule has 2 N–H and O–H groups in total. The molecule has 6 nitrogen and oxygen atoms in total. The summed E-state index contributed by atoms with van der Waals surface area (Å²) in [5, 5.41) is 6.01. The molecule has 1 aromatic heterocycles. The summed E-state index contributed by atoms with van der Waals surface area (Å²) in [5.41, 5.74) is 1.49. The van der Waals surface area contributed by atoms with Crippen LogP contribution in [0.1, 0.15) is 6.42 Å². The number of fused-ring (bicyclic) bond motifs is 1. The predicted molar refractivity (Wildman–Crippen MR) is 99.4 cm³/mol. The molecule has 0 amide bonds. The lowest BCUT2D eigenvalue weighted by atomic mass is 10.3. The summed E-state index contributed by atoms with van der Waals surface area (Å²) in [7, 11) is -1.81. The van der Waals surface area contributed by atoms with E-state index in [-0.39, 0.29) is 4.90 Å². The van der Waals surface area contributed by atoms with Crippen LogP contribution in [0.5, 0.6) is 5.75 Å². The zero-order chi connectivity index (χ0) is 17.9. The molecule has 0 aliphatic heterocycles. The van der Waals surface area contributed by atoms with E-state index < -0.39 is 10.0 Å². The van der Waals surface area contributed by atoms with Crippen LogP contribution in [0.4, 0.5) is 0 Å². The molecule has 132 valence electrons. The van der Waals surface area contributed by atoms with Crippen LogP contribution in [0.15, 0.2) is 58.6 Å². The van der Waals surface area contributed by atoms with E-state index in [2.05, 4.69) is 4.98 Å². The highest BCUT2D eigenvalue weighted by Crippen LogP contribution is 2.25. The fourth-order valence-electron chi connectivity index (χ4n) is 2.39. The molecule has 1 heterocycles. The van der Waals surface area contributed by atoms with E-state index in [1.807, 2.05) is 41.9 Å². The van der Waals surface area contributed by atoms with Gasteiger partial charge in [0.25, 0.3) is 0 Å². The molecule has 2 aromatic carbocycles. The highest BCUT2D eigenvalue weighted by atomic mass is 32.2. The Morgan fingerprint density at radius 3 is 2.68 bits per heavy atom. The number of aromatic nitrogens is 2. The topological polar surface area (TPSA) is 87.2 Å². The number of sulfonamides is 1. The molecule has 0 saturated heterocycles. The normalized spacial score (nSPS) is 11.8. The quantitative estimate of drug-likeness (QED) is 0.505. The van der Waals surface area contributed by atoms with Crippen molar-refractivity contribution in [1.29, 1.82) is 0 Å². The van der Waals surface area contributed by atoms with Crippen molar-refractivity contribution in [3.05, 3.63) is 48.5 Å². The van der Waals surface area contributed by atoms with Gasteiger partial charge in [-0.05, 0) is 36.8 Å². The van der Waals surface area contributed by atoms with Crippen LogP contribution in [0.2, 0.25) is 0 Å². The van der Waals surface area contributed by atoms with E-state index in [0.29, 0.717) is 12.1 Å².